The van der Waals surface area contributed by atoms with Crippen molar-refractivity contribution in [2.24, 2.45) is 0 Å². The Bertz CT molecular complexity index is 197. The molecule has 0 saturated heterocycles. The Kier molecular flexibility index (Phi) is 14.7. The Labute approximate surface area is 129 Å². The maximum atomic E-state index is 3.93. The van der Waals surface area contributed by atoms with E-state index in [0.29, 0.717) is 10.7 Å². The lowest BCUT2D eigenvalue weighted by Crippen LogP contribution is -2.32. The molecule has 1 N–H and O–H groups in total. The molecule has 0 amide bonds. The van der Waals surface area contributed by atoms with E-state index in [-0.39, 0.29) is 0 Å². The van der Waals surface area contributed by atoms with Gasteiger partial charge in [-0.25, -0.2) is 0 Å². The van der Waals surface area contributed by atoms with Gasteiger partial charge in [-0.3, -0.25) is 5.32 Å². The highest BCUT2D eigenvalue weighted by Gasteiger charge is 2.10. The van der Waals surface area contributed by atoms with E-state index >= 15 is 0 Å². The first-order valence-electron chi connectivity index (χ1n) is 7.52. The van der Waals surface area contributed by atoms with Gasteiger partial charge in [0.05, 0.1) is 10.7 Å². The van der Waals surface area contributed by atoms with Gasteiger partial charge in [0.25, 0.3) is 0 Å². The molecule has 3 heteroatoms. The Morgan fingerprint density at radius 3 is 1.58 bits per heavy atom. The summed E-state index contributed by atoms with van der Waals surface area (Å²) in [7, 11) is 0. The molecule has 0 aliphatic carbocycles. The molecular formula is C16H31NS2. The second-order valence-corrected chi connectivity index (χ2v) is 7.13. The molecule has 0 rings (SSSR count). The van der Waals surface area contributed by atoms with Crippen molar-refractivity contribution in [3.8, 4) is 0 Å². The smallest absolute Gasteiger partial charge is 0.0727 e. The Hall–Kier alpha value is 0.140. The van der Waals surface area contributed by atoms with Crippen molar-refractivity contribution in [2.45, 2.75) is 63.1 Å². The molecule has 0 heterocycles. The van der Waals surface area contributed by atoms with Crippen molar-refractivity contribution in [3.63, 3.8) is 0 Å². The van der Waals surface area contributed by atoms with E-state index in [4.69, 9.17) is 0 Å². The summed E-state index contributed by atoms with van der Waals surface area (Å²) in [6.45, 7) is 12.3. The molecule has 19 heavy (non-hydrogen) atoms. The average molecular weight is 302 g/mol. The molecule has 0 aromatic rings. The minimum absolute atomic E-state index is 0.346. The van der Waals surface area contributed by atoms with Gasteiger partial charge in [0.2, 0.25) is 0 Å². The van der Waals surface area contributed by atoms with Crippen LogP contribution >= 0.6 is 23.5 Å². The standard InChI is InChI=1S/C16H31NS2/c1-5-9-11-13-18-15(7-3)17-16(8-4)19-14-12-10-6-2/h7-8,15-17H,3-6,9-14H2,1-2H3. The summed E-state index contributed by atoms with van der Waals surface area (Å²) >= 11 is 3.92. The molecule has 1 nitrogen and oxygen atoms in total. The molecule has 2 unspecified atom stereocenters. The Morgan fingerprint density at radius 1 is 0.842 bits per heavy atom. The fourth-order valence-electron chi connectivity index (χ4n) is 1.66. The zero-order chi connectivity index (χ0) is 14.3. The lowest BCUT2D eigenvalue weighted by atomic mass is 10.3. The molecule has 0 radical (unpaired) electrons. The SMILES string of the molecule is C=CC(NC(C=C)SCCCCC)SCCCCC. The number of thioether (sulfide) groups is 2. The van der Waals surface area contributed by atoms with Gasteiger partial charge in [-0.15, -0.1) is 36.7 Å². The van der Waals surface area contributed by atoms with Gasteiger partial charge in [-0.1, -0.05) is 51.7 Å². The molecule has 0 bridgehead atoms. The predicted octanol–water partition coefficient (Wildman–Crippen LogP) is 5.45. The van der Waals surface area contributed by atoms with Crippen LogP contribution in [0.25, 0.3) is 0 Å². The lowest BCUT2D eigenvalue weighted by Gasteiger charge is -2.20. The molecule has 2 atom stereocenters. The number of nitrogens with one attached hydrogen (secondary N) is 1. The van der Waals surface area contributed by atoms with Crippen molar-refractivity contribution >= 4 is 23.5 Å². The highest BCUT2D eigenvalue weighted by atomic mass is 32.2. The maximum Gasteiger partial charge on any atom is 0.0727 e. The van der Waals surface area contributed by atoms with Gasteiger partial charge in [-0.2, -0.15) is 0 Å². The monoisotopic (exact) mass is 301 g/mol. The van der Waals surface area contributed by atoms with Crippen LogP contribution in [0.3, 0.4) is 0 Å². The van der Waals surface area contributed by atoms with Gasteiger partial charge < -0.3 is 0 Å². The summed E-state index contributed by atoms with van der Waals surface area (Å²) in [5.41, 5.74) is 0. The minimum Gasteiger partial charge on any atom is -0.287 e. The zero-order valence-corrected chi connectivity index (χ0v) is 14.3. The van der Waals surface area contributed by atoms with Crippen LogP contribution in [0, 0.1) is 0 Å². The number of hydrogen-bond donors (Lipinski definition) is 1. The van der Waals surface area contributed by atoms with Crippen molar-refractivity contribution in [3.05, 3.63) is 25.3 Å². The van der Waals surface area contributed by atoms with Gasteiger partial charge in [0.15, 0.2) is 0 Å². The first-order chi connectivity index (χ1) is 9.28. The fraction of sp³-hybridized carbons (Fsp3) is 0.750. The number of rotatable bonds is 14. The summed E-state index contributed by atoms with van der Waals surface area (Å²) in [5, 5.41) is 4.29. The molecule has 0 spiro atoms. The molecule has 112 valence electrons. The minimum atomic E-state index is 0.346. The quantitative estimate of drug-likeness (QED) is 0.260. The van der Waals surface area contributed by atoms with E-state index < -0.39 is 0 Å². The van der Waals surface area contributed by atoms with Crippen LogP contribution in [-0.4, -0.2) is 22.3 Å². The van der Waals surface area contributed by atoms with Gasteiger partial charge in [0.1, 0.15) is 0 Å². The summed E-state index contributed by atoms with van der Waals surface area (Å²) < 4.78 is 0. The topological polar surface area (TPSA) is 12.0 Å². The van der Waals surface area contributed by atoms with Crippen molar-refractivity contribution in [1.29, 1.82) is 0 Å². The van der Waals surface area contributed by atoms with Crippen molar-refractivity contribution < 1.29 is 0 Å². The molecule has 0 aliphatic heterocycles. The van der Waals surface area contributed by atoms with Crippen LogP contribution in [0.5, 0.6) is 0 Å². The van der Waals surface area contributed by atoms with E-state index in [2.05, 4.69) is 32.3 Å². The zero-order valence-electron chi connectivity index (χ0n) is 12.7. The van der Waals surface area contributed by atoms with Gasteiger partial charge in [-0.05, 0) is 24.3 Å². The molecule has 0 aliphatic rings. The average Bonchev–Trinajstić information content (AvgIpc) is 2.44. The van der Waals surface area contributed by atoms with Crippen molar-refractivity contribution in [2.75, 3.05) is 11.5 Å². The third kappa shape index (κ3) is 11.6. The van der Waals surface area contributed by atoms with E-state index in [1.54, 1.807) is 0 Å². The van der Waals surface area contributed by atoms with E-state index in [9.17, 15) is 0 Å². The predicted molar refractivity (Wildman–Crippen MR) is 95.1 cm³/mol. The van der Waals surface area contributed by atoms with Crippen LogP contribution in [0.1, 0.15) is 52.4 Å². The third-order valence-electron chi connectivity index (χ3n) is 2.85. The van der Waals surface area contributed by atoms with Crippen LogP contribution in [0.15, 0.2) is 25.3 Å². The number of unbranched alkanes of at least 4 members (excludes halogenated alkanes) is 4. The molecule has 0 aromatic heterocycles. The third-order valence-corrected chi connectivity index (χ3v) is 5.27. The van der Waals surface area contributed by atoms with Crippen LogP contribution in [-0.2, 0) is 0 Å². The molecule has 0 saturated carbocycles. The first-order valence-corrected chi connectivity index (χ1v) is 9.62. The summed E-state index contributed by atoms with van der Waals surface area (Å²) in [6.07, 6.45) is 11.9. The molecular weight excluding hydrogens is 270 g/mol. The number of hydrogen-bond acceptors (Lipinski definition) is 3. The lowest BCUT2D eigenvalue weighted by molar-refractivity contribution is 0.744. The highest BCUT2D eigenvalue weighted by molar-refractivity contribution is 8.00. The Balaban J connectivity index is 3.82. The van der Waals surface area contributed by atoms with E-state index in [1.807, 2.05) is 35.7 Å². The van der Waals surface area contributed by atoms with Crippen LogP contribution in [0.2, 0.25) is 0 Å². The maximum absolute atomic E-state index is 3.93. The molecule has 0 fully saturated rings. The van der Waals surface area contributed by atoms with E-state index in [0.717, 1.165) is 0 Å². The second kappa shape index (κ2) is 14.5. The fourth-order valence-corrected chi connectivity index (χ4v) is 3.75. The van der Waals surface area contributed by atoms with Gasteiger partial charge in [0, 0.05) is 0 Å². The van der Waals surface area contributed by atoms with Crippen LogP contribution < -0.4 is 5.32 Å². The second-order valence-electron chi connectivity index (χ2n) is 4.64. The Morgan fingerprint density at radius 2 is 1.26 bits per heavy atom. The normalized spacial score (nSPS) is 14.0. The first kappa shape index (κ1) is 19.1. The highest BCUT2D eigenvalue weighted by Crippen LogP contribution is 2.18. The summed E-state index contributed by atoms with van der Waals surface area (Å²) in [5.74, 6) is 2.42. The van der Waals surface area contributed by atoms with Crippen molar-refractivity contribution in [1.82, 2.24) is 5.32 Å². The largest absolute Gasteiger partial charge is 0.287 e. The summed E-state index contributed by atoms with van der Waals surface area (Å²) in [4.78, 5) is 0. The molecule has 0 aromatic carbocycles. The van der Waals surface area contributed by atoms with Crippen LogP contribution in [0.4, 0.5) is 0 Å². The summed E-state index contributed by atoms with van der Waals surface area (Å²) in [6, 6.07) is 0. The van der Waals surface area contributed by atoms with E-state index in [1.165, 1.54) is 50.0 Å². The van der Waals surface area contributed by atoms with Gasteiger partial charge >= 0.3 is 0 Å².